The van der Waals surface area contributed by atoms with Crippen LogP contribution in [0.2, 0.25) is 0 Å². The SMILES string of the molecule is C/C(C=C1C(=O)N(CC(=O)O)C(=O)c2ccccc21)=C\c1ccccc1. The van der Waals surface area contributed by atoms with Gasteiger partial charge in [0.1, 0.15) is 6.54 Å². The molecule has 0 radical (unpaired) electrons. The molecular formula is C21H17NO4. The highest BCUT2D eigenvalue weighted by atomic mass is 16.4. The fourth-order valence-electron chi connectivity index (χ4n) is 2.90. The molecule has 0 bridgehead atoms. The maximum absolute atomic E-state index is 12.8. The van der Waals surface area contributed by atoms with Gasteiger partial charge in [-0.25, -0.2) is 0 Å². The van der Waals surface area contributed by atoms with Gasteiger partial charge in [0, 0.05) is 11.1 Å². The third-order valence-electron chi connectivity index (χ3n) is 4.03. The Bertz CT molecular complexity index is 941. The minimum atomic E-state index is -1.23. The Morgan fingerprint density at radius 1 is 0.962 bits per heavy atom. The van der Waals surface area contributed by atoms with Gasteiger partial charge in [-0.1, -0.05) is 54.6 Å². The maximum atomic E-state index is 12.8. The van der Waals surface area contributed by atoms with Crippen LogP contribution in [0.5, 0.6) is 0 Å². The Balaban J connectivity index is 2.08. The summed E-state index contributed by atoms with van der Waals surface area (Å²) in [5.41, 5.74) is 2.96. The van der Waals surface area contributed by atoms with E-state index in [9.17, 15) is 14.4 Å². The van der Waals surface area contributed by atoms with Crippen LogP contribution in [0.3, 0.4) is 0 Å². The number of rotatable bonds is 4. The average Bonchev–Trinajstić information content (AvgIpc) is 2.63. The predicted octanol–water partition coefficient (Wildman–Crippen LogP) is 3.24. The van der Waals surface area contributed by atoms with E-state index in [0.717, 1.165) is 16.0 Å². The lowest BCUT2D eigenvalue weighted by Crippen LogP contribution is -2.44. The Morgan fingerprint density at radius 3 is 2.23 bits per heavy atom. The Hall–Kier alpha value is -3.47. The number of nitrogens with zero attached hydrogens (tertiary/aromatic N) is 1. The fourth-order valence-corrected chi connectivity index (χ4v) is 2.90. The van der Waals surface area contributed by atoms with Crippen molar-refractivity contribution >= 4 is 29.4 Å². The van der Waals surface area contributed by atoms with Crippen molar-refractivity contribution in [3.63, 3.8) is 0 Å². The molecule has 0 fully saturated rings. The second-order valence-corrected chi connectivity index (χ2v) is 5.99. The molecule has 1 N–H and O–H groups in total. The summed E-state index contributed by atoms with van der Waals surface area (Å²) in [5, 5.41) is 9.04. The summed E-state index contributed by atoms with van der Waals surface area (Å²) in [5.74, 6) is -2.42. The van der Waals surface area contributed by atoms with Crippen molar-refractivity contribution in [3.05, 3.63) is 82.9 Å². The zero-order chi connectivity index (χ0) is 18.7. The topological polar surface area (TPSA) is 74.7 Å². The van der Waals surface area contributed by atoms with Gasteiger partial charge in [0.15, 0.2) is 0 Å². The molecule has 2 aromatic carbocycles. The zero-order valence-electron chi connectivity index (χ0n) is 14.2. The van der Waals surface area contributed by atoms with Gasteiger partial charge in [-0.3, -0.25) is 19.3 Å². The molecular weight excluding hydrogens is 330 g/mol. The number of fused-ring (bicyclic) bond motifs is 1. The standard InChI is InChI=1S/C21H17NO4/c1-14(11-15-7-3-2-4-8-15)12-18-16-9-5-6-10-17(16)20(25)22(21(18)26)13-19(23)24/h2-12H,13H2,1H3,(H,23,24)/b14-11+,18-12?. The van der Waals surface area contributed by atoms with Gasteiger partial charge in [0.2, 0.25) is 0 Å². The van der Waals surface area contributed by atoms with Crippen LogP contribution in [-0.4, -0.2) is 34.3 Å². The third-order valence-corrected chi connectivity index (χ3v) is 4.03. The highest BCUT2D eigenvalue weighted by Gasteiger charge is 2.35. The minimum Gasteiger partial charge on any atom is -0.480 e. The number of benzene rings is 2. The molecule has 0 saturated carbocycles. The van der Waals surface area contributed by atoms with Gasteiger partial charge < -0.3 is 5.11 Å². The molecule has 3 rings (SSSR count). The van der Waals surface area contributed by atoms with E-state index >= 15 is 0 Å². The molecule has 0 aliphatic carbocycles. The predicted molar refractivity (Wildman–Crippen MR) is 98.2 cm³/mol. The number of carboxylic acids is 1. The second-order valence-electron chi connectivity index (χ2n) is 5.99. The number of amides is 2. The Kier molecular flexibility index (Phi) is 4.80. The highest BCUT2D eigenvalue weighted by Crippen LogP contribution is 2.29. The Morgan fingerprint density at radius 2 is 1.58 bits per heavy atom. The van der Waals surface area contributed by atoms with Gasteiger partial charge in [0.25, 0.3) is 11.8 Å². The molecule has 0 atom stereocenters. The van der Waals surface area contributed by atoms with E-state index in [2.05, 4.69) is 0 Å². The lowest BCUT2D eigenvalue weighted by molar-refractivity contribution is -0.141. The van der Waals surface area contributed by atoms with Crippen LogP contribution < -0.4 is 0 Å². The van der Waals surface area contributed by atoms with E-state index in [0.29, 0.717) is 16.7 Å². The number of hydrogen-bond donors (Lipinski definition) is 1. The molecule has 5 nitrogen and oxygen atoms in total. The van der Waals surface area contributed by atoms with Crippen molar-refractivity contribution in [3.8, 4) is 0 Å². The molecule has 1 aliphatic heterocycles. The number of aliphatic carboxylic acids is 1. The number of allylic oxidation sites excluding steroid dienone is 2. The third kappa shape index (κ3) is 3.47. The monoisotopic (exact) mass is 347 g/mol. The molecule has 5 heteroatoms. The highest BCUT2D eigenvalue weighted by molar-refractivity contribution is 6.31. The summed E-state index contributed by atoms with van der Waals surface area (Å²) in [6, 6.07) is 16.4. The van der Waals surface area contributed by atoms with E-state index in [1.807, 2.05) is 43.3 Å². The maximum Gasteiger partial charge on any atom is 0.323 e. The van der Waals surface area contributed by atoms with E-state index in [1.165, 1.54) is 0 Å². The second kappa shape index (κ2) is 7.19. The van der Waals surface area contributed by atoms with E-state index in [-0.39, 0.29) is 0 Å². The van der Waals surface area contributed by atoms with Crippen molar-refractivity contribution in [1.82, 2.24) is 4.90 Å². The zero-order valence-corrected chi connectivity index (χ0v) is 14.2. The molecule has 130 valence electrons. The van der Waals surface area contributed by atoms with Crippen LogP contribution in [0.4, 0.5) is 0 Å². The van der Waals surface area contributed by atoms with E-state index in [1.54, 1.807) is 30.3 Å². The number of hydrogen-bond acceptors (Lipinski definition) is 3. The van der Waals surface area contributed by atoms with Gasteiger partial charge >= 0.3 is 5.97 Å². The van der Waals surface area contributed by atoms with Gasteiger partial charge in [-0.05, 0) is 35.8 Å². The van der Waals surface area contributed by atoms with Crippen molar-refractivity contribution < 1.29 is 19.5 Å². The molecule has 2 aromatic rings. The summed E-state index contributed by atoms with van der Waals surface area (Å²) >= 11 is 0. The summed E-state index contributed by atoms with van der Waals surface area (Å²) < 4.78 is 0. The minimum absolute atomic E-state index is 0.311. The van der Waals surface area contributed by atoms with Gasteiger partial charge in [-0.15, -0.1) is 0 Å². The first-order valence-electron chi connectivity index (χ1n) is 8.10. The molecule has 0 unspecified atom stereocenters. The van der Waals surface area contributed by atoms with E-state index < -0.39 is 24.3 Å². The Labute approximate surface area is 150 Å². The van der Waals surface area contributed by atoms with Crippen molar-refractivity contribution in [2.45, 2.75) is 6.92 Å². The quantitative estimate of drug-likeness (QED) is 0.680. The number of imide groups is 1. The molecule has 0 aromatic heterocycles. The molecule has 0 spiro atoms. The molecule has 1 heterocycles. The lowest BCUT2D eigenvalue weighted by Gasteiger charge is -2.27. The van der Waals surface area contributed by atoms with Crippen LogP contribution in [0.15, 0.2) is 66.2 Å². The van der Waals surface area contributed by atoms with Crippen molar-refractivity contribution in [2.24, 2.45) is 0 Å². The number of carboxylic acid groups (broad SMARTS) is 1. The van der Waals surface area contributed by atoms with Gasteiger partial charge in [0.05, 0.1) is 0 Å². The van der Waals surface area contributed by atoms with Crippen LogP contribution in [-0.2, 0) is 9.59 Å². The average molecular weight is 347 g/mol. The summed E-state index contributed by atoms with van der Waals surface area (Å²) in [6.45, 7) is 1.19. The lowest BCUT2D eigenvalue weighted by atomic mass is 9.92. The van der Waals surface area contributed by atoms with Crippen LogP contribution in [0.1, 0.15) is 28.4 Å². The molecule has 2 amide bonds. The van der Waals surface area contributed by atoms with Crippen molar-refractivity contribution in [2.75, 3.05) is 6.54 Å². The fraction of sp³-hybridized carbons (Fsp3) is 0.0952. The van der Waals surface area contributed by atoms with Gasteiger partial charge in [-0.2, -0.15) is 0 Å². The smallest absolute Gasteiger partial charge is 0.323 e. The van der Waals surface area contributed by atoms with Crippen molar-refractivity contribution in [1.29, 1.82) is 0 Å². The molecule has 0 saturated heterocycles. The normalized spacial score (nSPS) is 16.0. The number of carbonyl (C=O) groups is 3. The molecule has 26 heavy (non-hydrogen) atoms. The van der Waals surface area contributed by atoms with Crippen LogP contribution in [0.25, 0.3) is 11.6 Å². The first-order valence-corrected chi connectivity index (χ1v) is 8.10. The first kappa shape index (κ1) is 17.4. The summed E-state index contributed by atoms with van der Waals surface area (Å²) in [7, 11) is 0. The van der Waals surface area contributed by atoms with E-state index in [4.69, 9.17) is 5.11 Å². The largest absolute Gasteiger partial charge is 0.480 e. The van der Waals surface area contributed by atoms with Crippen LogP contribution in [0, 0.1) is 0 Å². The summed E-state index contributed by atoms with van der Waals surface area (Å²) in [4.78, 5) is 37.1. The first-order chi connectivity index (χ1) is 12.5. The van der Waals surface area contributed by atoms with Crippen LogP contribution >= 0.6 is 0 Å². The number of carbonyl (C=O) groups excluding carboxylic acids is 2. The molecule has 1 aliphatic rings. The summed E-state index contributed by atoms with van der Waals surface area (Å²) in [6.07, 6.45) is 3.61.